The van der Waals surface area contributed by atoms with E-state index in [0.29, 0.717) is 0 Å². The molecule has 1 aliphatic heterocycles. The number of para-hydroxylation sites is 1. The highest BCUT2D eigenvalue weighted by Crippen LogP contribution is 2.28. The number of nitrogens with two attached hydrogens (primary N) is 1. The minimum Gasteiger partial charge on any atom is -0.496 e. The van der Waals surface area contributed by atoms with Gasteiger partial charge < -0.3 is 15.4 Å². The van der Waals surface area contributed by atoms with E-state index < -0.39 is 0 Å². The van der Waals surface area contributed by atoms with Crippen LogP contribution in [0.15, 0.2) is 42.5 Å². The molecular formula is C19H24N2O. The molecule has 0 saturated carbocycles. The van der Waals surface area contributed by atoms with Crippen LogP contribution in [0.2, 0.25) is 0 Å². The molecule has 1 saturated heterocycles. The highest BCUT2D eigenvalue weighted by molar-refractivity contribution is 5.60. The van der Waals surface area contributed by atoms with Crippen LogP contribution >= 0.6 is 0 Å². The van der Waals surface area contributed by atoms with Crippen molar-refractivity contribution in [3.8, 4) is 5.75 Å². The second-order valence-electron chi connectivity index (χ2n) is 5.92. The van der Waals surface area contributed by atoms with Crippen molar-refractivity contribution in [2.24, 2.45) is 0 Å². The first-order chi connectivity index (χ1) is 10.8. The van der Waals surface area contributed by atoms with Gasteiger partial charge in [0, 0.05) is 30.9 Å². The summed E-state index contributed by atoms with van der Waals surface area (Å²) >= 11 is 0. The molecule has 1 heterocycles. The molecule has 0 atom stereocenters. The molecule has 0 radical (unpaired) electrons. The quantitative estimate of drug-likeness (QED) is 0.871. The van der Waals surface area contributed by atoms with Crippen LogP contribution in [0.1, 0.15) is 30.4 Å². The molecular weight excluding hydrogens is 272 g/mol. The average Bonchev–Trinajstić information content (AvgIpc) is 2.58. The zero-order chi connectivity index (χ0) is 15.4. The van der Waals surface area contributed by atoms with Gasteiger partial charge in [0.2, 0.25) is 0 Å². The van der Waals surface area contributed by atoms with E-state index in [9.17, 15) is 0 Å². The van der Waals surface area contributed by atoms with Gasteiger partial charge in [0.25, 0.3) is 0 Å². The summed E-state index contributed by atoms with van der Waals surface area (Å²) in [5, 5.41) is 0. The average molecular weight is 296 g/mol. The molecule has 2 aromatic carbocycles. The summed E-state index contributed by atoms with van der Waals surface area (Å²) in [4.78, 5) is 2.47. The third-order valence-electron chi connectivity index (χ3n) is 4.42. The summed E-state index contributed by atoms with van der Waals surface area (Å²) in [6.45, 7) is 2.30. The van der Waals surface area contributed by atoms with E-state index in [1.807, 2.05) is 24.3 Å². The number of piperidine rings is 1. The van der Waals surface area contributed by atoms with Gasteiger partial charge in [-0.15, -0.1) is 0 Å². The molecule has 2 N–H and O–H groups in total. The maximum atomic E-state index is 6.20. The first-order valence-corrected chi connectivity index (χ1v) is 8.03. The topological polar surface area (TPSA) is 38.5 Å². The third-order valence-corrected chi connectivity index (χ3v) is 4.42. The molecule has 0 bridgehead atoms. The first-order valence-electron chi connectivity index (χ1n) is 8.03. The Labute approximate surface area is 132 Å². The van der Waals surface area contributed by atoms with Crippen molar-refractivity contribution >= 4 is 11.4 Å². The van der Waals surface area contributed by atoms with Gasteiger partial charge in [0.15, 0.2) is 0 Å². The van der Waals surface area contributed by atoms with Crippen molar-refractivity contribution in [3.05, 3.63) is 53.6 Å². The molecule has 0 aromatic heterocycles. The van der Waals surface area contributed by atoms with Crippen molar-refractivity contribution in [3.63, 3.8) is 0 Å². The van der Waals surface area contributed by atoms with Gasteiger partial charge in [0.05, 0.1) is 7.11 Å². The van der Waals surface area contributed by atoms with E-state index in [4.69, 9.17) is 10.5 Å². The van der Waals surface area contributed by atoms with E-state index >= 15 is 0 Å². The lowest BCUT2D eigenvalue weighted by Gasteiger charge is -2.29. The Balaban J connectivity index is 1.86. The molecule has 116 valence electrons. The molecule has 0 unspecified atom stereocenters. The number of ether oxygens (including phenoxy) is 1. The molecule has 1 fully saturated rings. The van der Waals surface area contributed by atoms with Crippen molar-refractivity contribution in [1.82, 2.24) is 0 Å². The largest absolute Gasteiger partial charge is 0.496 e. The molecule has 3 heteroatoms. The van der Waals surface area contributed by atoms with Crippen molar-refractivity contribution in [2.75, 3.05) is 30.8 Å². The number of rotatable bonds is 4. The lowest BCUT2D eigenvalue weighted by atomic mass is 10.0. The summed E-state index contributed by atoms with van der Waals surface area (Å²) in [7, 11) is 1.71. The number of nitrogens with zero attached hydrogens (tertiary/aromatic N) is 1. The van der Waals surface area contributed by atoms with Crippen LogP contribution in [0.4, 0.5) is 11.4 Å². The zero-order valence-electron chi connectivity index (χ0n) is 13.2. The standard InChI is InChI=1S/C19H24N2O/c1-22-19-8-4-3-7-15(19)13-16-14-17(9-10-18(16)20)21-11-5-2-6-12-21/h3-4,7-10,14H,2,5-6,11-13,20H2,1H3. The van der Waals surface area contributed by atoms with Crippen LogP contribution in [0.25, 0.3) is 0 Å². The van der Waals surface area contributed by atoms with Crippen LogP contribution in [-0.2, 0) is 6.42 Å². The van der Waals surface area contributed by atoms with Crippen LogP contribution in [-0.4, -0.2) is 20.2 Å². The maximum Gasteiger partial charge on any atom is 0.122 e. The van der Waals surface area contributed by atoms with E-state index in [0.717, 1.165) is 30.9 Å². The number of anilines is 2. The van der Waals surface area contributed by atoms with Crippen molar-refractivity contribution in [2.45, 2.75) is 25.7 Å². The van der Waals surface area contributed by atoms with Gasteiger partial charge in [-0.05, 0) is 54.7 Å². The maximum absolute atomic E-state index is 6.20. The molecule has 22 heavy (non-hydrogen) atoms. The second kappa shape index (κ2) is 6.73. The summed E-state index contributed by atoms with van der Waals surface area (Å²) in [6.07, 6.45) is 4.72. The molecule has 3 nitrogen and oxygen atoms in total. The summed E-state index contributed by atoms with van der Waals surface area (Å²) in [5.41, 5.74) is 10.7. The highest BCUT2D eigenvalue weighted by Gasteiger charge is 2.13. The first kappa shape index (κ1) is 14.8. The van der Waals surface area contributed by atoms with Crippen LogP contribution < -0.4 is 15.4 Å². The Hall–Kier alpha value is -2.16. The zero-order valence-corrected chi connectivity index (χ0v) is 13.2. The van der Waals surface area contributed by atoms with Gasteiger partial charge in [-0.1, -0.05) is 18.2 Å². The highest BCUT2D eigenvalue weighted by atomic mass is 16.5. The van der Waals surface area contributed by atoms with Crippen molar-refractivity contribution in [1.29, 1.82) is 0 Å². The minimum absolute atomic E-state index is 0.803. The summed E-state index contributed by atoms with van der Waals surface area (Å²) in [6, 6.07) is 14.6. The monoisotopic (exact) mass is 296 g/mol. The van der Waals surface area contributed by atoms with Gasteiger partial charge in [-0.3, -0.25) is 0 Å². The second-order valence-corrected chi connectivity index (χ2v) is 5.92. The molecule has 0 aliphatic carbocycles. The summed E-state index contributed by atoms with van der Waals surface area (Å²) in [5.74, 6) is 0.922. The third kappa shape index (κ3) is 3.19. The smallest absolute Gasteiger partial charge is 0.122 e. The van der Waals surface area contributed by atoms with Gasteiger partial charge >= 0.3 is 0 Å². The molecule has 1 aliphatic rings. The van der Waals surface area contributed by atoms with Crippen LogP contribution in [0, 0.1) is 0 Å². The lowest BCUT2D eigenvalue weighted by Crippen LogP contribution is -2.29. The van der Waals surface area contributed by atoms with E-state index in [2.05, 4.69) is 23.1 Å². The van der Waals surface area contributed by atoms with Crippen LogP contribution in [0.3, 0.4) is 0 Å². The molecule has 0 spiro atoms. The number of nitrogen functional groups attached to an aromatic ring is 1. The SMILES string of the molecule is COc1ccccc1Cc1cc(N2CCCCC2)ccc1N. The lowest BCUT2D eigenvalue weighted by molar-refractivity contribution is 0.410. The van der Waals surface area contributed by atoms with E-state index in [-0.39, 0.29) is 0 Å². The predicted molar refractivity (Wildman–Crippen MR) is 92.7 cm³/mol. The number of benzene rings is 2. The molecule has 2 aromatic rings. The molecule has 3 rings (SSSR count). The van der Waals surface area contributed by atoms with E-state index in [1.165, 1.54) is 36.1 Å². The number of hydrogen-bond donors (Lipinski definition) is 1. The fourth-order valence-corrected chi connectivity index (χ4v) is 3.15. The molecule has 0 amide bonds. The Morgan fingerprint density at radius 3 is 2.55 bits per heavy atom. The van der Waals surface area contributed by atoms with Gasteiger partial charge in [-0.2, -0.15) is 0 Å². The van der Waals surface area contributed by atoms with Gasteiger partial charge in [0.1, 0.15) is 5.75 Å². The summed E-state index contributed by atoms with van der Waals surface area (Å²) < 4.78 is 5.45. The minimum atomic E-state index is 0.803. The van der Waals surface area contributed by atoms with Crippen LogP contribution in [0.5, 0.6) is 5.75 Å². The van der Waals surface area contributed by atoms with Crippen molar-refractivity contribution < 1.29 is 4.74 Å². The number of methoxy groups -OCH3 is 1. The normalized spacial score (nSPS) is 14.9. The Kier molecular flexibility index (Phi) is 4.52. The van der Waals surface area contributed by atoms with E-state index in [1.54, 1.807) is 7.11 Å². The fraction of sp³-hybridized carbons (Fsp3) is 0.368. The number of hydrogen-bond acceptors (Lipinski definition) is 3. The Morgan fingerprint density at radius 2 is 1.77 bits per heavy atom. The Morgan fingerprint density at radius 1 is 1.00 bits per heavy atom. The Bertz CT molecular complexity index is 633. The van der Waals surface area contributed by atoms with Gasteiger partial charge in [-0.25, -0.2) is 0 Å². The predicted octanol–water partition coefficient (Wildman–Crippen LogP) is 3.86. The fourth-order valence-electron chi connectivity index (χ4n) is 3.15.